The van der Waals surface area contributed by atoms with E-state index in [-0.39, 0.29) is 17.4 Å². The molecule has 0 bridgehead atoms. The van der Waals surface area contributed by atoms with E-state index in [9.17, 15) is 10.1 Å². The number of ether oxygens (including phenoxy) is 1. The smallest absolute Gasteiger partial charge is 0.278 e. The SMILES string of the molecule is CCC(C)c1ccccc1Oc1cc([N+](=O)[O-])cc(N)n1. The highest BCUT2D eigenvalue weighted by Crippen LogP contribution is 2.32. The number of benzene rings is 1. The first-order chi connectivity index (χ1) is 10.0. The number of nitrogens with two attached hydrogens (primary N) is 1. The lowest BCUT2D eigenvalue weighted by Crippen LogP contribution is -2.00. The first-order valence-electron chi connectivity index (χ1n) is 6.70. The predicted octanol–water partition coefficient (Wildman–Crippen LogP) is 3.88. The molecule has 0 aliphatic carbocycles. The van der Waals surface area contributed by atoms with E-state index in [1.165, 1.54) is 12.1 Å². The summed E-state index contributed by atoms with van der Waals surface area (Å²) in [5.74, 6) is 1.13. The van der Waals surface area contributed by atoms with Crippen LogP contribution in [0.1, 0.15) is 31.7 Å². The number of aromatic nitrogens is 1. The molecule has 0 aliphatic heterocycles. The van der Waals surface area contributed by atoms with Crippen molar-refractivity contribution in [2.24, 2.45) is 0 Å². The van der Waals surface area contributed by atoms with Gasteiger partial charge in [-0.05, 0) is 24.0 Å². The summed E-state index contributed by atoms with van der Waals surface area (Å²) < 4.78 is 5.71. The Morgan fingerprint density at radius 2 is 2.10 bits per heavy atom. The monoisotopic (exact) mass is 287 g/mol. The Kier molecular flexibility index (Phi) is 4.37. The molecule has 0 aliphatic rings. The average Bonchev–Trinajstić information content (AvgIpc) is 2.46. The molecule has 0 amide bonds. The summed E-state index contributed by atoms with van der Waals surface area (Å²) in [6.07, 6.45) is 0.963. The molecule has 1 heterocycles. The zero-order chi connectivity index (χ0) is 15.4. The van der Waals surface area contributed by atoms with Crippen LogP contribution in [0.15, 0.2) is 36.4 Å². The van der Waals surface area contributed by atoms with E-state index < -0.39 is 4.92 Å². The molecule has 0 saturated carbocycles. The number of nitrogen functional groups attached to an aromatic ring is 1. The minimum absolute atomic E-state index is 0.0558. The first kappa shape index (κ1) is 14.8. The van der Waals surface area contributed by atoms with Crippen LogP contribution in [-0.2, 0) is 0 Å². The van der Waals surface area contributed by atoms with Gasteiger partial charge in [-0.1, -0.05) is 32.0 Å². The fourth-order valence-electron chi connectivity index (χ4n) is 1.98. The van der Waals surface area contributed by atoms with Gasteiger partial charge >= 0.3 is 0 Å². The Labute approximate surface area is 122 Å². The second-order valence-corrected chi connectivity index (χ2v) is 4.79. The van der Waals surface area contributed by atoms with Crippen LogP contribution >= 0.6 is 0 Å². The minimum Gasteiger partial charge on any atom is -0.438 e. The third kappa shape index (κ3) is 3.47. The average molecular weight is 287 g/mol. The third-order valence-electron chi connectivity index (χ3n) is 3.29. The Bertz CT molecular complexity index is 658. The van der Waals surface area contributed by atoms with Gasteiger partial charge in [0.15, 0.2) is 0 Å². The molecule has 0 saturated heterocycles. The summed E-state index contributed by atoms with van der Waals surface area (Å²) >= 11 is 0. The van der Waals surface area contributed by atoms with Crippen molar-refractivity contribution in [1.82, 2.24) is 4.98 Å². The van der Waals surface area contributed by atoms with Crippen LogP contribution in [-0.4, -0.2) is 9.91 Å². The molecule has 0 radical (unpaired) electrons. The molecule has 1 aromatic heterocycles. The standard InChI is InChI=1S/C15H17N3O3/c1-3-10(2)12-6-4-5-7-13(12)21-15-9-11(18(19)20)8-14(16)17-15/h4-10H,3H2,1-2H3,(H2,16,17). The van der Waals surface area contributed by atoms with Gasteiger partial charge < -0.3 is 10.5 Å². The van der Waals surface area contributed by atoms with Crippen LogP contribution in [0.5, 0.6) is 11.6 Å². The summed E-state index contributed by atoms with van der Waals surface area (Å²) in [5.41, 5.74) is 6.47. The Hall–Kier alpha value is -2.63. The van der Waals surface area contributed by atoms with Gasteiger partial charge in [0.1, 0.15) is 11.6 Å². The summed E-state index contributed by atoms with van der Waals surface area (Å²) in [6, 6.07) is 10.0. The van der Waals surface area contributed by atoms with Gasteiger partial charge in [0, 0.05) is 0 Å². The highest BCUT2D eigenvalue weighted by atomic mass is 16.6. The Morgan fingerprint density at radius 1 is 1.38 bits per heavy atom. The maximum absolute atomic E-state index is 10.8. The van der Waals surface area contributed by atoms with Crippen molar-refractivity contribution in [3.8, 4) is 11.6 Å². The predicted molar refractivity (Wildman–Crippen MR) is 80.5 cm³/mol. The van der Waals surface area contributed by atoms with Crippen molar-refractivity contribution in [3.05, 3.63) is 52.1 Å². The van der Waals surface area contributed by atoms with Crippen LogP contribution in [0.2, 0.25) is 0 Å². The van der Waals surface area contributed by atoms with E-state index in [0.717, 1.165) is 12.0 Å². The lowest BCUT2D eigenvalue weighted by Gasteiger charge is -2.14. The Morgan fingerprint density at radius 3 is 2.76 bits per heavy atom. The Balaban J connectivity index is 2.36. The van der Waals surface area contributed by atoms with Crippen molar-refractivity contribution >= 4 is 11.5 Å². The lowest BCUT2D eigenvalue weighted by atomic mass is 9.98. The van der Waals surface area contributed by atoms with Gasteiger partial charge in [-0.15, -0.1) is 0 Å². The molecule has 0 fully saturated rings. The van der Waals surface area contributed by atoms with Crippen molar-refractivity contribution in [1.29, 1.82) is 0 Å². The van der Waals surface area contributed by atoms with Gasteiger partial charge in [-0.2, -0.15) is 4.98 Å². The quantitative estimate of drug-likeness (QED) is 0.665. The molecule has 2 N–H and O–H groups in total. The van der Waals surface area contributed by atoms with Crippen molar-refractivity contribution < 1.29 is 9.66 Å². The first-order valence-corrected chi connectivity index (χ1v) is 6.70. The fraction of sp³-hybridized carbons (Fsp3) is 0.267. The summed E-state index contributed by atoms with van der Waals surface area (Å²) in [6.45, 7) is 4.18. The van der Waals surface area contributed by atoms with Crippen LogP contribution in [0.4, 0.5) is 11.5 Å². The number of hydrogen-bond acceptors (Lipinski definition) is 5. The van der Waals surface area contributed by atoms with E-state index >= 15 is 0 Å². The molecular weight excluding hydrogens is 270 g/mol. The largest absolute Gasteiger partial charge is 0.438 e. The number of rotatable bonds is 5. The van der Waals surface area contributed by atoms with E-state index in [4.69, 9.17) is 10.5 Å². The number of nitrogens with zero attached hydrogens (tertiary/aromatic N) is 2. The number of pyridine rings is 1. The summed E-state index contributed by atoms with van der Waals surface area (Å²) in [7, 11) is 0. The number of hydrogen-bond donors (Lipinski definition) is 1. The van der Waals surface area contributed by atoms with E-state index in [2.05, 4.69) is 18.8 Å². The number of nitro groups is 1. The zero-order valence-corrected chi connectivity index (χ0v) is 11.9. The topological polar surface area (TPSA) is 91.3 Å². The van der Waals surface area contributed by atoms with Crippen LogP contribution in [0.25, 0.3) is 0 Å². The molecule has 0 spiro atoms. The molecule has 110 valence electrons. The molecular formula is C15H17N3O3. The maximum atomic E-state index is 10.8. The second kappa shape index (κ2) is 6.21. The van der Waals surface area contributed by atoms with Gasteiger partial charge in [0.25, 0.3) is 5.69 Å². The molecule has 2 aromatic rings. The van der Waals surface area contributed by atoms with E-state index in [1.807, 2.05) is 24.3 Å². The summed E-state index contributed by atoms with van der Waals surface area (Å²) in [5, 5.41) is 10.8. The van der Waals surface area contributed by atoms with Gasteiger partial charge in [-0.25, -0.2) is 0 Å². The molecule has 6 nitrogen and oxygen atoms in total. The number of anilines is 1. The van der Waals surface area contributed by atoms with Gasteiger partial charge in [0.05, 0.1) is 17.1 Å². The molecule has 1 unspecified atom stereocenters. The van der Waals surface area contributed by atoms with Gasteiger partial charge in [0.2, 0.25) is 5.88 Å². The van der Waals surface area contributed by atoms with Crippen molar-refractivity contribution in [3.63, 3.8) is 0 Å². The molecule has 6 heteroatoms. The number of para-hydroxylation sites is 1. The second-order valence-electron chi connectivity index (χ2n) is 4.79. The fourth-order valence-corrected chi connectivity index (χ4v) is 1.98. The summed E-state index contributed by atoms with van der Waals surface area (Å²) in [4.78, 5) is 14.3. The van der Waals surface area contributed by atoms with Crippen molar-refractivity contribution in [2.75, 3.05) is 5.73 Å². The molecule has 2 rings (SSSR count). The molecule has 21 heavy (non-hydrogen) atoms. The normalized spacial score (nSPS) is 11.9. The molecule has 1 aromatic carbocycles. The van der Waals surface area contributed by atoms with E-state index in [0.29, 0.717) is 11.7 Å². The zero-order valence-electron chi connectivity index (χ0n) is 11.9. The third-order valence-corrected chi connectivity index (χ3v) is 3.29. The van der Waals surface area contributed by atoms with Crippen molar-refractivity contribution in [2.45, 2.75) is 26.2 Å². The highest BCUT2D eigenvalue weighted by molar-refractivity contribution is 5.47. The van der Waals surface area contributed by atoms with Crippen LogP contribution in [0, 0.1) is 10.1 Å². The van der Waals surface area contributed by atoms with Gasteiger partial charge in [-0.3, -0.25) is 10.1 Å². The highest BCUT2D eigenvalue weighted by Gasteiger charge is 2.14. The van der Waals surface area contributed by atoms with Crippen LogP contribution in [0.3, 0.4) is 0 Å². The minimum atomic E-state index is -0.522. The maximum Gasteiger partial charge on any atom is 0.278 e. The molecule has 1 atom stereocenters. The van der Waals surface area contributed by atoms with Crippen LogP contribution < -0.4 is 10.5 Å². The van der Waals surface area contributed by atoms with E-state index in [1.54, 1.807) is 0 Å². The lowest BCUT2D eigenvalue weighted by molar-refractivity contribution is -0.384.